The van der Waals surface area contributed by atoms with Crippen LogP contribution in [0.3, 0.4) is 0 Å². The van der Waals surface area contributed by atoms with Gasteiger partial charge in [-0.25, -0.2) is 4.98 Å². The van der Waals surface area contributed by atoms with Gasteiger partial charge in [0.05, 0.1) is 32.3 Å². The Hall–Kier alpha value is -1.89. The van der Waals surface area contributed by atoms with Crippen molar-refractivity contribution in [3.05, 3.63) is 53.1 Å². The molecule has 0 unspecified atom stereocenters. The highest BCUT2D eigenvalue weighted by atomic mass is 35.5. The first kappa shape index (κ1) is 16.0. The number of aromatic nitrogens is 2. The molecule has 0 saturated carbocycles. The Balaban J connectivity index is 1.76. The van der Waals surface area contributed by atoms with Crippen LogP contribution in [0.4, 0.5) is 0 Å². The number of morpholine rings is 1. The number of rotatable bonds is 4. The third-order valence-electron chi connectivity index (χ3n) is 3.99. The zero-order chi connectivity index (χ0) is 16.3. The summed E-state index contributed by atoms with van der Waals surface area (Å²) >= 11 is 5.90. The Morgan fingerprint density at radius 1 is 1.43 bits per heavy atom. The van der Waals surface area contributed by atoms with Gasteiger partial charge in [0.1, 0.15) is 11.3 Å². The highest BCUT2D eigenvalue weighted by molar-refractivity contribution is 6.30. The maximum Gasteiger partial charge on any atom is 0.272 e. The number of aromatic amines is 1. The number of hydrogen-bond acceptors (Lipinski definition) is 4. The molecule has 1 amide bonds. The lowest BCUT2D eigenvalue weighted by atomic mass is 9.93. The minimum atomic E-state index is -0.804. The first-order chi connectivity index (χ1) is 11.1. The number of nitrogens with one attached hydrogen (secondary N) is 1. The Bertz CT molecular complexity index is 660. The van der Waals surface area contributed by atoms with E-state index in [4.69, 9.17) is 16.3 Å². The zero-order valence-electron chi connectivity index (χ0n) is 12.5. The van der Waals surface area contributed by atoms with Crippen LogP contribution in [0.1, 0.15) is 16.1 Å². The van der Waals surface area contributed by atoms with E-state index in [-0.39, 0.29) is 12.5 Å². The molecule has 2 aromatic rings. The fraction of sp³-hybridized carbons (Fsp3) is 0.375. The van der Waals surface area contributed by atoms with Crippen molar-refractivity contribution in [3.63, 3.8) is 0 Å². The number of H-pyrrole nitrogens is 1. The van der Waals surface area contributed by atoms with Gasteiger partial charge in [-0.2, -0.15) is 0 Å². The highest BCUT2D eigenvalue weighted by Gasteiger charge is 2.38. The second-order valence-electron chi connectivity index (χ2n) is 5.68. The van der Waals surface area contributed by atoms with E-state index in [1.165, 1.54) is 12.5 Å². The van der Waals surface area contributed by atoms with Crippen LogP contribution in [-0.4, -0.2) is 57.8 Å². The van der Waals surface area contributed by atoms with Gasteiger partial charge in [-0.1, -0.05) is 23.7 Å². The predicted octanol–water partition coefficient (Wildman–Crippen LogP) is 1.51. The van der Waals surface area contributed by atoms with Crippen molar-refractivity contribution in [2.45, 2.75) is 12.0 Å². The molecule has 1 aromatic heterocycles. The van der Waals surface area contributed by atoms with Gasteiger partial charge in [-0.05, 0) is 17.7 Å². The summed E-state index contributed by atoms with van der Waals surface area (Å²) in [6.07, 6.45) is 3.48. The van der Waals surface area contributed by atoms with Crippen molar-refractivity contribution in [2.24, 2.45) is 0 Å². The van der Waals surface area contributed by atoms with Crippen molar-refractivity contribution in [3.8, 4) is 0 Å². The summed E-state index contributed by atoms with van der Waals surface area (Å²) in [7, 11) is 0. The first-order valence-corrected chi connectivity index (χ1v) is 7.77. The molecule has 0 radical (unpaired) electrons. The van der Waals surface area contributed by atoms with E-state index in [1.54, 1.807) is 17.0 Å². The molecular formula is C16H18ClN3O3. The highest BCUT2D eigenvalue weighted by Crippen LogP contribution is 2.24. The number of benzene rings is 1. The minimum absolute atomic E-state index is 0.139. The average molecular weight is 336 g/mol. The second kappa shape index (κ2) is 6.70. The van der Waals surface area contributed by atoms with Crippen LogP contribution < -0.4 is 0 Å². The minimum Gasteiger partial charge on any atom is -0.393 e. The lowest BCUT2D eigenvalue weighted by Gasteiger charge is -2.41. The van der Waals surface area contributed by atoms with Gasteiger partial charge in [0, 0.05) is 18.0 Å². The fourth-order valence-electron chi connectivity index (χ4n) is 2.79. The van der Waals surface area contributed by atoms with E-state index in [0.717, 1.165) is 5.56 Å². The first-order valence-electron chi connectivity index (χ1n) is 7.39. The van der Waals surface area contributed by atoms with Gasteiger partial charge in [-0.15, -0.1) is 0 Å². The van der Waals surface area contributed by atoms with Gasteiger partial charge in [0.25, 0.3) is 5.91 Å². The van der Waals surface area contributed by atoms with E-state index < -0.39 is 5.60 Å². The maximum atomic E-state index is 12.5. The molecule has 1 aliphatic heterocycles. The largest absolute Gasteiger partial charge is 0.393 e. The summed E-state index contributed by atoms with van der Waals surface area (Å²) in [5, 5.41) is 10.5. The number of carbonyl (C=O) groups excluding carboxylic acids is 1. The lowest BCUT2D eigenvalue weighted by Crippen LogP contribution is -2.56. The third kappa shape index (κ3) is 3.55. The summed E-state index contributed by atoms with van der Waals surface area (Å²) in [4.78, 5) is 20.8. The van der Waals surface area contributed by atoms with Crippen molar-refractivity contribution >= 4 is 17.5 Å². The maximum absolute atomic E-state index is 12.5. The van der Waals surface area contributed by atoms with Crippen LogP contribution in [0.25, 0.3) is 0 Å². The van der Waals surface area contributed by atoms with Gasteiger partial charge in [0.15, 0.2) is 0 Å². The van der Waals surface area contributed by atoms with Crippen molar-refractivity contribution < 1.29 is 14.6 Å². The molecule has 3 rings (SSSR count). The Morgan fingerprint density at radius 3 is 2.87 bits per heavy atom. The fourth-order valence-corrected chi connectivity index (χ4v) is 2.92. The third-order valence-corrected chi connectivity index (χ3v) is 4.24. The number of aliphatic hydroxyl groups is 1. The monoisotopic (exact) mass is 335 g/mol. The Labute approximate surface area is 139 Å². The summed E-state index contributed by atoms with van der Waals surface area (Å²) in [6, 6.07) is 7.41. The van der Waals surface area contributed by atoms with Gasteiger partial charge in [0.2, 0.25) is 0 Å². The Kier molecular flexibility index (Phi) is 4.66. The van der Waals surface area contributed by atoms with Crippen LogP contribution in [0.2, 0.25) is 5.02 Å². The molecule has 122 valence electrons. The average Bonchev–Trinajstić information content (AvgIpc) is 3.11. The van der Waals surface area contributed by atoms with E-state index in [1.807, 2.05) is 12.1 Å². The van der Waals surface area contributed by atoms with Gasteiger partial charge >= 0.3 is 0 Å². The number of carbonyl (C=O) groups is 1. The number of hydrogen-bond donors (Lipinski definition) is 2. The van der Waals surface area contributed by atoms with E-state index in [9.17, 15) is 9.90 Å². The normalized spacial score (nSPS) is 21.4. The molecule has 0 spiro atoms. The molecule has 6 nitrogen and oxygen atoms in total. The molecule has 1 saturated heterocycles. The summed E-state index contributed by atoms with van der Waals surface area (Å²) in [6.45, 7) is 1.03. The Morgan fingerprint density at radius 2 is 2.22 bits per heavy atom. The molecule has 1 atom stereocenters. The van der Waals surface area contributed by atoms with Crippen LogP contribution in [0, 0.1) is 0 Å². The summed E-state index contributed by atoms with van der Waals surface area (Å²) in [5.74, 6) is -0.139. The number of halogens is 1. The number of nitrogens with zero attached hydrogens (tertiary/aromatic N) is 2. The molecule has 7 heteroatoms. The summed E-state index contributed by atoms with van der Waals surface area (Å²) < 4.78 is 5.84. The van der Waals surface area contributed by atoms with Gasteiger partial charge < -0.3 is 19.7 Å². The van der Waals surface area contributed by atoms with E-state index in [0.29, 0.717) is 36.8 Å². The SMILES string of the molecule is O=C(c1cnc[nH]1)N1CCO[C@](CO)(Cc2ccc(Cl)cc2)C1. The lowest BCUT2D eigenvalue weighted by molar-refractivity contribution is -0.123. The molecule has 1 aliphatic rings. The molecule has 2 N–H and O–H groups in total. The van der Waals surface area contributed by atoms with E-state index >= 15 is 0 Å². The van der Waals surface area contributed by atoms with Crippen LogP contribution >= 0.6 is 11.6 Å². The topological polar surface area (TPSA) is 78.5 Å². The van der Waals surface area contributed by atoms with E-state index in [2.05, 4.69) is 9.97 Å². The quantitative estimate of drug-likeness (QED) is 0.887. The zero-order valence-corrected chi connectivity index (χ0v) is 13.3. The van der Waals surface area contributed by atoms with Crippen molar-refractivity contribution in [1.82, 2.24) is 14.9 Å². The molecule has 1 aromatic carbocycles. The molecule has 0 aliphatic carbocycles. The smallest absolute Gasteiger partial charge is 0.272 e. The summed E-state index contributed by atoms with van der Waals surface area (Å²) in [5.41, 5.74) is 0.631. The second-order valence-corrected chi connectivity index (χ2v) is 6.12. The predicted molar refractivity (Wildman–Crippen MR) is 85.4 cm³/mol. The molecule has 0 bridgehead atoms. The number of aliphatic hydroxyl groups excluding tert-OH is 1. The van der Waals surface area contributed by atoms with Crippen molar-refractivity contribution in [1.29, 1.82) is 0 Å². The van der Waals surface area contributed by atoms with Crippen LogP contribution in [0.15, 0.2) is 36.8 Å². The number of amides is 1. The number of imidazole rings is 1. The van der Waals surface area contributed by atoms with Gasteiger partial charge in [-0.3, -0.25) is 4.79 Å². The van der Waals surface area contributed by atoms with Crippen LogP contribution in [0.5, 0.6) is 0 Å². The van der Waals surface area contributed by atoms with Crippen molar-refractivity contribution in [2.75, 3.05) is 26.3 Å². The number of ether oxygens (including phenoxy) is 1. The molecule has 2 heterocycles. The standard InChI is InChI=1S/C16H18ClN3O3/c17-13-3-1-12(2-4-13)7-16(10-21)9-20(5-6-23-16)15(22)14-8-18-11-19-14/h1-4,8,11,21H,5-7,9-10H2,(H,18,19)/t16-/m1/s1. The van der Waals surface area contributed by atoms with Crippen LogP contribution in [-0.2, 0) is 11.2 Å². The molecule has 1 fully saturated rings. The molecule has 23 heavy (non-hydrogen) atoms. The molecular weight excluding hydrogens is 318 g/mol.